The minimum Gasteiger partial charge on any atom is -0.482 e. The molecular weight excluding hydrogens is 612 g/mol. The maximum absolute atomic E-state index is 14.0. The highest BCUT2D eigenvalue weighted by molar-refractivity contribution is 5.90. The molecule has 5 rings (SSSR count). The van der Waals surface area contributed by atoms with Gasteiger partial charge < -0.3 is 33.9 Å². The number of aliphatic hydroxyl groups is 1. The van der Waals surface area contributed by atoms with Crippen LogP contribution in [-0.2, 0) is 33.7 Å². The molecule has 0 fully saturated rings. The number of ether oxygens (including phenoxy) is 4. The Hall–Kier alpha value is -4.93. The Bertz CT molecular complexity index is 1760. The first-order chi connectivity index (χ1) is 23.0. The summed E-state index contributed by atoms with van der Waals surface area (Å²) in [5, 5.41) is 13.8. The smallest absolute Gasteiger partial charge is 0.407 e. The molecule has 1 unspecified atom stereocenters. The fourth-order valence-electron chi connectivity index (χ4n) is 6.21. The fraction of sp³-hybridized carbons (Fsp3) is 0.342. The number of aryl methyl sites for hydroxylation is 2. The van der Waals surface area contributed by atoms with Crippen LogP contribution in [-0.4, -0.2) is 48.1 Å². The van der Waals surface area contributed by atoms with Crippen molar-refractivity contribution < 1.29 is 33.6 Å². The van der Waals surface area contributed by atoms with Gasteiger partial charge in [-0.05, 0) is 61.4 Å². The number of esters is 1. The van der Waals surface area contributed by atoms with Gasteiger partial charge in [0.2, 0.25) is 5.43 Å². The molecule has 1 aliphatic carbocycles. The van der Waals surface area contributed by atoms with Gasteiger partial charge in [0.25, 0.3) is 0 Å². The SMILES string of the molecule is COC(=O)c1c(OCc2ccccc2)c(=O)c(C(O)OC)cn1[C@H](CNC(=O)OC(C)(C)C)C1c2ccccc2CCc2ccccc21. The van der Waals surface area contributed by atoms with E-state index in [1.807, 2.05) is 66.7 Å². The van der Waals surface area contributed by atoms with Crippen LogP contribution in [0, 0.1) is 0 Å². The molecule has 1 aromatic heterocycles. The molecule has 2 N–H and O–H groups in total. The number of benzene rings is 3. The Morgan fingerprint density at radius 3 is 2.06 bits per heavy atom. The second kappa shape index (κ2) is 14.9. The first kappa shape index (κ1) is 34.4. The number of rotatable bonds is 10. The van der Waals surface area contributed by atoms with E-state index in [9.17, 15) is 19.5 Å². The molecule has 0 radical (unpaired) electrons. The largest absolute Gasteiger partial charge is 0.482 e. The molecule has 10 heteroatoms. The Kier molecular flexibility index (Phi) is 10.7. The molecule has 10 nitrogen and oxygen atoms in total. The number of aliphatic hydroxyl groups excluding tert-OH is 1. The Labute approximate surface area is 280 Å². The van der Waals surface area contributed by atoms with Crippen LogP contribution < -0.4 is 15.5 Å². The number of pyridine rings is 1. The Balaban J connectivity index is 1.79. The standard InChI is InChI=1S/C38H42N2O8/c1-38(2,3)48-37(44)39-21-30(31-27-17-11-9-15-25(27)19-20-26-16-10-12-18-28(26)31)40-22-29(35(42)45-4)33(41)34(32(40)36(43)46-5)47-23-24-13-7-6-8-14-24/h6-18,22,30-31,35,42H,19-21,23H2,1-5H3,(H,39,44)/t30-,35?/m1/s1. The second-order valence-corrected chi connectivity index (χ2v) is 12.7. The van der Waals surface area contributed by atoms with E-state index in [0.717, 1.165) is 40.7 Å². The zero-order valence-corrected chi connectivity index (χ0v) is 27.9. The van der Waals surface area contributed by atoms with E-state index in [2.05, 4.69) is 17.4 Å². The van der Waals surface area contributed by atoms with Crippen LogP contribution in [0.1, 0.15) is 82.9 Å². The normalized spacial score (nSPS) is 14.1. The maximum atomic E-state index is 14.0. The Morgan fingerprint density at radius 1 is 0.917 bits per heavy atom. The number of carbonyl (C=O) groups excluding carboxylic acids is 2. The van der Waals surface area contributed by atoms with Crippen molar-refractivity contribution in [1.29, 1.82) is 0 Å². The summed E-state index contributed by atoms with van der Waals surface area (Å²) >= 11 is 0. The number of hydrogen-bond acceptors (Lipinski definition) is 8. The van der Waals surface area contributed by atoms with Crippen molar-refractivity contribution in [3.63, 3.8) is 0 Å². The highest BCUT2D eigenvalue weighted by atomic mass is 16.6. The van der Waals surface area contributed by atoms with Crippen molar-refractivity contribution in [2.75, 3.05) is 20.8 Å². The van der Waals surface area contributed by atoms with E-state index in [1.54, 1.807) is 25.3 Å². The number of aromatic nitrogens is 1. The second-order valence-electron chi connectivity index (χ2n) is 12.7. The molecule has 0 bridgehead atoms. The zero-order chi connectivity index (χ0) is 34.4. The molecule has 0 saturated heterocycles. The van der Waals surface area contributed by atoms with Crippen molar-refractivity contribution in [2.24, 2.45) is 0 Å². The number of fused-ring (bicyclic) bond motifs is 2. The zero-order valence-electron chi connectivity index (χ0n) is 27.9. The Morgan fingerprint density at radius 2 is 1.50 bits per heavy atom. The van der Waals surface area contributed by atoms with Crippen LogP contribution in [0.15, 0.2) is 89.9 Å². The van der Waals surface area contributed by atoms with Crippen molar-refractivity contribution in [2.45, 2.75) is 64.1 Å². The van der Waals surface area contributed by atoms with E-state index in [0.29, 0.717) is 0 Å². The fourth-order valence-corrected chi connectivity index (χ4v) is 6.21. The van der Waals surface area contributed by atoms with Crippen LogP contribution >= 0.6 is 0 Å². The molecule has 2 atom stereocenters. The lowest BCUT2D eigenvalue weighted by Gasteiger charge is -2.34. The van der Waals surface area contributed by atoms with Crippen molar-refractivity contribution in [3.05, 3.63) is 134 Å². The molecule has 1 aliphatic rings. The van der Waals surface area contributed by atoms with Gasteiger partial charge in [-0.2, -0.15) is 0 Å². The van der Waals surface area contributed by atoms with E-state index in [-0.39, 0.29) is 30.2 Å². The average Bonchev–Trinajstić information content (AvgIpc) is 3.24. The molecule has 48 heavy (non-hydrogen) atoms. The number of hydrogen-bond donors (Lipinski definition) is 2. The quantitative estimate of drug-likeness (QED) is 0.161. The van der Waals surface area contributed by atoms with E-state index >= 15 is 0 Å². The van der Waals surface area contributed by atoms with Gasteiger partial charge in [-0.3, -0.25) is 4.79 Å². The third kappa shape index (κ3) is 7.61. The van der Waals surface area contributed by atoms with Gasteiger partial charge in [0, 0.05) is 25.8 Å². The summed E-state index contributed by atoms with van der Waals surface area (Å²) in [7, 11) is 2.49. The number of nitrogens with zero attached hydrogens (tertiary/aromatic N) is 1. The van der Waals surface area contributed by atoms with Gasteiger partial charge in [0.05, 0.1) is 18.7 Å². The summed E-state index contributed by atoms with van der Waals surface area (Å²) in [6.45, 7) is 5.24. The highest BCUT2D eigenvalue weighted by Crippen LogP contribution is 2.42. The molecular formula is C38H42N2O8. The first-order valence-electron chi connectivity index (χ1n) is 15.9. The number of amides is 1. The lowest BCUT2D eigenvalue weighted by molar-refractivity contribution is -0.0783. The van der Waals surface area contributed by atoms with Crippen molar-refractivity contribution in [3.8, 4) is 5.75 Å². The highest BCUT2D eigenvalue weighted by Gasteiger charge is 2.37. The molecule has 0 saturated carbocycles. The van der Waals surface area contributed by atoms with Crippen LogP contribution in [0.3, 0.4) is 0 Å². The molecule has 3 aromatic carbocycles. The van der Waals surface area contributed by atoms with E-state index in [1.165, 1.54) is 20.4 Å². The third-order valence-corrected chi connectivity index (χ3v) is 8.35. The van der Waals surface area contributed by atoms with Crippen LogP contribution in [0.2, 0.25) is 0 Å². The molecule has 0 spiro atoms. The molecule has 4 aromatic rings. The van der Waals surface area contributed by atoms with Gasteiger partial charge in [0.1, 0.15) is 12.2 Å². The van der Waals surface area contributed by atoms with E-state index < -0.39 is 41.3 Å². The third-order valence-electron chi connectivity index (χ3n) is 8.35. The predicted octanol–water partition coefficient (Wildman–Crippen LogP) is 5.85. The summed E-state index contributed by atoms with van der Waals surface area (Å²) in [6, 6.07) is 24.6. The van der Waals surface area contributed by atoms with Gasteiger partial charge in [-0.25, -0.2) is 9.59 Å². The molecule has 1 heterocycles. The van der Waals surface area contributed by atoms with E-state index in [4.69, 9.17) is 18.9 Å². The van der Waals surface area contributed by atoms with Gasteiger partial charge in [-0.1, -0.05) is 78.9 Å². The lowest BCUT2D eigenvalue weighted by atomic mass is 9.82. The number of alkyl carbamates (subject to hydrolysis) is 1. The monoisotopic (exact) mass is 654 g/mol. The van der Waals surface area contributed by atoms with Crippen molar-refractivity contribution in [1.82, 2.24) is 9.88 Å². The minimum absolute atomic E-state index is 0.0320. The number of methoxy groups -OCH3 is 2. The topological polar surface area (TPSA) is 125 Å². The molecule has 252 valence electrons. The minimum atomic E-state index is -1.64. The van der Waals surface area contributed by atoms with Gasteiger partial charge >= 0.3 is 12.1 Å². The van der Waals surface area contributed by atoms with Crippen molar-refractivity contribution >= 4 is 12.1 Å². The van der Waals surface area contributed by atoms with Crippen LogP contribution in [0.25, 0.3) is 0 Å². The summed E-state index contributed by atoms with van der Waals surface area (Å²) in [4.78, 5) is 40.9. The predicted molar refractivity (Wildman–Crippen MR) is 180 cm³/mol. The van der Waals surface area contributed by atoms with Crippen LogP contribution in [0.5, 0.6) is 5.75 Å². The number of carbonyl (C=O) groups is 2. The molecule has 0 aliphatic heterocycles. The van der Waals surface area contributed by atoms with Crippen LogP contribution in [0.4, 0.5) is 4.79 Å². The maximum Gasteiger partial charge on any atom is 0.407 e. The summed E-state index contributed by atoms with van der Waals surface area (Å²) in [6.07, 6.45) is 0.672. The lowest BCUT2D eigenvalue weighted by Crippen LogP contribution is -2.39. The summed E-state index contributed by atoms with van der Waals surface area (Å²) in [5.74, 6) is -1.57. The number of nitrogens with one attached hydrogen (secondary N) is 1. The summed E-state index contributed by atoms with van der Waals surface area (Å²) < 4.78 is 23.8. The average molecular weight is 655 g/mol. The first-order valence-corrected chi connectivity index (χ1v) is 15.9. The molecule has 1 amide bonds. The summed E-state index contributed by atoms with van der Waals surface area (Å²) in [5.41, 5.74) is 3.17. The van der Waals surface area contributed by atoms with Gasteiger partial charge in [0.15, 0.2) is 17.7 Å². The van der Waals surface area contributed by atoms with Gasteiger partial charge in [-0.15, -0.1) is 0 Å².